The van der Waals surface area contributed by atoms with Crippen LogP contribution in [0.1, 0.15) is 44.6 Å². The highest BCUT2D eigenvalue weighted by molar-refractivity contribution is 5.81. The Balaban J connectivity index is 1.44. The summed E-state index contributed by atoms with van der Waals surface area (Å²) in [6.07, 6.45) is 5.30. The van der Waals surface area contributed by atoms with E-state index in [1.807, 2.05) is 36.1 Å². The summed E-state index contributed by atoms with van der Waals surface area (Å²) in [5.74, 6) is 0.685. The minimum Gasteiger partial charge on any atom is -0.481 e. The van der Waals surface area contributed by atoms with E-state index in [0.29, 0.717) is 38.0 Å². The van der Waals surface area contributed by atoms with Gasteiger partial charge in [-0.3, -0.25) is 4.79 Å². The van der Waals surface area contributed by atoms with Gasteiger partial charge in [0.15, 0.2) is 6.10 Å². The molecular formula is C21H31N3O3. The minimum atomic E-state index is -0.533. The summed E-state index contributed by atoms with van der Waals surface area (Å²) < 4.78 is 5.80. The second-order valence-corrected chi connectivity index (χ2v) is 7.67. The third kappa shape index (κ3) is 5.37. The molecule has 0 radical (unpaired) electrons. The van der Waals surface area contributed by atoms with Crippen molar-refractivity contribution in [2.75, 3.05) is 26.2 Å². The molecule has 0 aromatic heterocycles. The fourth-order valence-corrected chi connectivity index (χ4v) is 3.84. The standard InChI is InChI=1S/C21H31N3O3/c1-16-7-6-10-19(15-16)27-17(2)20(25)23-11-13-24(14-12-23)21(26)22-18-8-4-3-5-9-18/h6-7,10,15,17-18H,3-5,8-9,11-14H2,1-2H3,(H,22,26). The van der Waals surface area contributed by atoms with E-state index >= 15 is 0 Å². The van der Waals surface area contributed by atoms with Gasteiger partial charge in [-0.15, -0.1) is 0 Å². The SMILES string of the molecule is Cc1cccc(OC(C)C(=O)N2CCN(C(=O)NC3CCCCC3)CC2)c1. The number of aryl methyl sites for hydroxylation is 1. The molecule has 148 valence electrons. The molecule has 0 spiro atoms. The number of rotatable bonds is 4. The van der Waals surface area contributed by atoms with Gasteiger partial charge in [0.05, 0.1) is 0 Å². The van der Waals surface area contributed by atoms with Crippen molar-refractivity contribution in [2.24, 2.45) is 0 Å². The molecule has 3 rings (SSSR count). The summed E-state index contributed by atoms with van der Waals surface area (Å²) >= 11 is 0. The van der Waals surface area contributed by atoms with Gasteiger partial charge in [0, 0.05) is 32.2 Å². The first-order chi connectivity index (χ1) is 13.0. The smallest absolute Gasteiger partial charge is 0.317 e. The minimum absolute atomic E-state index is 0.0121. The maximum atomic E-state index is 12.7. The molecule has 3 amide bonds. The molecule has 2 aliphatic rings. The molecule has 1 atom stereocenters. The predicted molar refractivity (Wildman–Crippen MR) is 105 cm³/mol. The Hall–Kier alpha value is -2.24. The molecular weight excluding hydrogens is 342 g/mol. The van der Waals surface area contributed by atoms with Crippen LogP contribution in [0.2, 0.25) is 0 Å². The number of benzene rings is 1. The number of piperazine rings is 1. The molecule has 1 saturated heterocycles. The van der Waals surface area contributed by atoms with E-state index in [-0.39, 0.29) is 11.9 Å². The van der Waals surface area contributed by atoms with Gasteiger partial charge >= 0.3 is 6.03 Å². The van der Waals surface area contributed by atoms with Crippen LogP contribution in [-0.2, 0) is 4.79 Å². The molecule has 1 aromatic rings. The van der Waals surface area contributed by atoms with Gasteiger partial charge in [0.1, 0.15) is 5.75 Å². The molecule has 1 N–H and O–H groups in total. The van der Waals surface area contributed by atoms with E-state index in [9.17, 15) is 9.59 Å². The fourth-order valence-electron chi connectivity index (χ4n) is 3.84. The predicted octanol–water partition coefficient (Wildman–Crippen LogP) is 2.95. The molecule has 1 aliphatic heterocycles. The van der Waals surface area contributed by atoms with E-state index in [4.69, 9.17) is 4.74 Å². The maximum Gasteiger partial charge on any atom is 0.317 e. The number of amides is 3. The monoisotopic (exact) mass is 373 g/mol. The van der Waals surface area contributed by atoms with Gasteiger partial charge in [-0.05, 0) is 44.4 Å². The second-order valence-electron chi connectivity index (χ2n) is 7.67. The van der Waals surface area contributed by atoms with Crippen molar-refractivity contribution in [3.05, 3.63) is 29.8 Å². The Morgan fingerprint density at radius 3 is 2.41 bits per heavy atom. The van der Waals surface area contributed by atoms with Crippen LogP contribution in [0.25, 0.3) is 0 Å². The molecule has 0 bridgehead atoms. The van der Waals surface area contributed by atoms with E-state index in [2.05, 4.69) is 5.32 Å². The van der Waals surface area contributed by atoms with Gasteiger partial charge in [0.25, 0.3) is 5.91 Å². The summed E-state index contributed by atoms with van der Waals surface area (Å²) in [6, 6.07) is 8.04. The van der Waals surface area contributed by atoms with Crippen molar-refractivity contribution in [3.8, 4) is 5.75 Å². The number of ether oxygens (including phenoxy) is 1. The first-order valence-corrected chi connectivity index (χ1v) is 10.1. The molecule has 27 heavy (non-hydrogen) atoms. The molecule has 2 fully saturated rings. The zero-order valence-corrected chi connectivity index (χ0v) is 16.4. The highest BCUT2D eigenvalue weighted by Gasteiger charge is 2.28. The van der Waals surface area contributed by atoms with Gasteiger partial charge < -0.3 is 19.9 Å². The number of nitrogens with one attached hydrogen (secondary N) is 1. The van der Waals surface area contributed by atoms with E-state index < -0.39 is 6.10 Å². The molecule has 1 heterocycles. The van der Waals surface area contributed by atoms with Crippen molar-refractivity contribution >= 4 is 11.9 Å². The van der Waals surface area contributed by atoms with E-state index in [1.165, 1.54) is 19.3 Å². The lowest BCUT2D eigenvalue weighted by Gasteiger charge is -2.36. The molecule has 1 aliphatic carbocycles. The van der Waals surface area contributed by atoms with Crippen LogP contribution in [0.3, 0.4) is 0 Å². The average molecular weight is 373 g/mol. The van der Waals surface area contributed by atoms with Crippen molar-refractivity contribution in [3.63, 3.8) is 0 Å². The fraction of sp³-hybridized carbons (Fsp3) is 0.619. The van der Waals surface area contributed by atoms with Crippen LogP contribution in [0.5, 0.6) is 5.75 Å². The molecule has 1 saturated carbocycles. The van der Waals surface area contributed by atoms with Crippen molar-refractivity contribution in [1.82, 2.24) is 15.1 Å². The molecule has 1 unspecified atom stereocenters. The number of urea groups is 1. The zero-order chi connectivity index (χ0) is 19.2. The van der Waals surface area contributed by atoms with Crippen molar-refractivity contribution in [2.45, 2.75) is 58.1 Å². The highest BCUT2D eigenvalue weighted by atomic mass is 16.5. The van der Waals surface area contributed by atoms with Crippen LogP contribution in [0.4, 0.5) is 4.79 Å². The quantitative estimate of drug-likeness (QED) is 0.883. The summed E-state index contributed by atoms with van der Waals surface area (Å²) in [6.45, 7) is 6.03. The number of carbonyl (C=O) groups is 2. The number of hydrogen-bond donors (Lipinski definition) is 1. The summed E-state index contributed by atoms with van der Waals surface area (Å²) in [7, 11) is 0. The normalized spacial score (nSPS) is 19.5. The van der Waals surface area contributed by atoms with Crippen LogP contribution >= 0.6 is 0 Å². The topological polar surface area (TPSA) is 61.9 Å². The van der Waals surface area contributed by atoms with Crippen LogP contribution in [0, 0.1) is 6.92 Å². The van der Waals surface area contributed by atoms with Gasteiger partial charge in [0.2, 0.25) is 0 Å². The van der Waals surface area contributed by atoms with E-state index in [1.54, 1.807) is 11.8 Å². The first kappa shape index (κ1) is 19.5. The van der Waals surface area contributed by atoms with Crippen molar-refractivity contribution in [1.29, 1.82) is 0 Å². The van der Waals surface area contributed by atoms with Gasteiger partial charge in [-0.1, -0.05) is 31.4 Å². The molecule has 1 aromatic carbocycles. The lowest BCUT2D eigenvalue weighted by molar-refractivity contribution is -0.139. The summed E-state index contributed by atoms with van der Waals surface area (Å²) in [4.78, 5) is 28.7. The third-order valence-electron chi connectivity index (χ3n) is 5.46. The van der Waals surface area contributed by atoms with Gasteiger partial charge in [-0.25, -0.2) is 4.79 Å². The first-order valence-electron chi connectivity index (χ1n) is 10.1. The Bertz CT molecular complexity index is 650. The number of carbonyl (C=O) groups excluding carboxylic acids is 2. The number of nitrogens with zero attached hydrogens (tertiary/aromatic N) is 2. The lowest BCUT2D eigenvalue weighted by atomic mass is 9.96. The number of hydrogen-bond acceptors (Lipinski definition) is 3. The van der Waals surface area contributed by atoms with Crippen LogP contribution in [0.15, 0.2) is 24.3 Å². The third-order valence-corrected chi connectivity index (χ3v) is 5.46. The summed E-state index contributed by atoms with van der Waals surface area (Å²) in [5, 5.41) is 3.15. The second kappa shape index (κ2) is 9.11. The zero-order valence-electron chi connectivity index (χ0n) is 16.4. The molecule has 6 nitrogen and oxygen atoms in total. The maximum absolute atomic E-state index is 12.7. The van der Waals surface area contributed by atoms with Crippen LogP contribution in [-0.4, -0.2) is 60.1 Å². The largest absolute Gasteiger partial charge is 0.481 e. The highest BCUT2D eigenvalue weighted by Crippen LogP contribution is 2.18. The summed E-state index contributed by atoms with van der Waals surface area (Å²) in [5.41, 5.74) is 1.10. The van der Waals surface area contributed by atoms with Gasteiger partial charge in [-0.2, -0.15) is 0 Å². The Labute approximate surface area is 161 Å². The van der Waals surface area contributed by atoms with Crippen LogP contribution < -0.4 is 10.1 Å². The van der Waals surface area contributed by atoms with E-state index in [0.717, 1.165) is 18.4 Å². The molecule has 6 heteroatoms. The Kier molecular flexibility index (Phi) is 6.58. The lowest BCUT2D eigenvalue weighted by Crippen LogP contribution is -2.56. The average Bonchev–Trinajstić information content (AvgIpc) is 2.68. The Morgan fingerprint density at radius 2 is 1.74 bits per heavy atom. The van der Waals surface area contributed by atoms with Crippen molar-refractivity contribution < 1.29 is 14.3 Å². The Morgan fingerprint density at radius 1 is 1.07 bits per heavy atom.